The highest BCUT2D eigenvalue weighted by Crippen LogP contribution is 2.08. The zero-order chi connectivity index (χ0) is 9.80. The Hall–Kier alpha value is -1.89. The van der Waals surface area contributed by atoms with Gasteiger partial charge in [0.1, 0.15) is 0 Å². The molecule has 0 aliphatic rings. The lowest BCUT2D eigenvalue weighted by Gasteiger charge is -2.02. The van der Waals surface area contributed by atoms with Crippen molar-refractivity contribution in [3.8, 4) is 0 Å². The topological polar surface area (TPSA) is 23.9 Å². The summed E-state index contributed by atoms with van der Waals surface area (Å²) < 4.78 is 0. The zero-order valence-corrected chi connectivity index (χ0v) is 7.70. The SMILES string of the molecule is N=C(c1cc[c]cc1)c1ccccc1. The number of hydrogen-bond acceptors (Lipinski definition) is 1. The number of rotatable bonds is 2. The summed E-state index contributed by atoms with van der Waals surface area (Å²) in [5, 5.41) is 7.96. The molecule has 0 fully saturated rings. The van der Waals surface area contributed by atoms with Gasteiger partial charge < -0.3 is 0 Å². The molecule has 2 aromatic carbocycles. The summed E-state index contributed by atoms with van der Waals surface area (Å²) in [6, 6.07) is 20.1. The lowest BCUT2D eigenvalue weighted by Crippen LogP contribution is -1.99. The molecule has 0 aromatic heterocycles. The van der Waals surface area contributed by atoms with Crippen molar-refractivity contribution in [1.29, 1.82) is 5.41 Å². The van der Waals surface area contributed by atoms with Gasteiger partial charge in [-0.25, -0.2) is 0 Å². The van der Waals surface area contributed by atoms with E-state index < -0.39 is 0 Å². The minimum atomic E-state index is 0.555. The van der Waals surface area contributed by atoms with Crippen LogP contribution in [0.15, 0.2) is 54.6 Å². The van der Waals surface area contributed by atoms with Crippen LogP contribution in [0.5, 0.6) is 0 Å². The van der Waals surface area contributed by atoms with E-state index in [9.17, 15) is 0 Å². The maximum atomic E-state index is 7.96. The van der Waals surface area contributed by atoms with Crippen LogP contribution in [0.25, 0.3) is 0 Å². The van der Waals surface area contributed by atoms with E-state index >= 15 is 0 Å². The summed E-state index contributed by atoms with van der Waals surface area (Å²) >= 11 is 0. The minimum Gasteiger partial charge on any atom is -0.300 e. The van der Waals surface area contributed by atoms with Crippen molar-refractivity contribution in [1.82, 2.24) is 0 Å². The van der Waals surface area contributed by atoms with Crippen molar-refractivity contribution >= 4 is 5.71 Å². The van der Waals surface area contributed by atoms with E-state index in [0.29, 0.717) is 5.71 Å². The summed E-state index contributed by atoms with van der Waals surface area (Å²) in [6.07, 6.45) is 0. The Labute approximate surface area is 83.5 Å². The molecule has 0 unspecified atom stereocenters. The van der Waals surface area contributed by atoms with E-state index in [1.165, 1.54) is 0 Å². The fourth-order valence-corrected chi connectivity index (χ4v) is 1.33. The second kappa shape index (κ2) is 3.88. The fraction of sp³-hybridized carbons (Fsp3) is 0. The molecule has 0 heterocycles. The summed E-state index contributed by atoms with van der Waals surface area (Å²) in [5.41, 5.74) is 2.42. The van der Waals surface area contributed by atoms with Gasteiger partial charge in [-0.05, 0) is 11.6 Å². The van der Waals surface area contributed by atoms with Gasteiger partial charge in [0.25, 0.3) is 0 Å². The summed E-state index contributed by atoms with van der Waals surface area (Å²) in [4.78, 5) is 0. The Morgan fingerprint density at radius 1 is 0.857 bits per heavy atom. The Balaban J connectivity index is 2.35. The first-order valence-electron chi connectivity index (χ1n) is 4.48. The molecule has 0 amide bonds. The van der Waals surface area contributed by atoms with Gasteiger partial charge in [0, 0.05) is 5.56 Å². The standard InChI is InChI=1S/C13H10N/c14-13(11-7-3-1-4-8-11)12-9-5-2-6-10-12/h1,3-10,14H. The molecule has 0 aliphatic heterocycles. The van der Waals surface area contributed by atoms with Gasteiger partial charge in [-0.3, -0.25) is 5.41 Å². The molecule has 1 radical (unpaired) electrons. The average Bonchev–Trinajstić information content (AvgIpc) is 2.30. The van der Waals surface area contributed by atoms with E-state index in [0.717, 1.165) is 11.1 Å². The number of nitrogens with one attached hydrogen (secondary N) is 1. The predicted molar refractivity (Wildman–Crippen MR) is 57.7 cm³/mol. The molecule has 2 rings (SSSR count). The summed E-state index contributed by atoms with van der Waals surface area (Å²) in [6.45, 7) is 0. The summed E-state index contributed by atoms with van der Waals surface area (Å²) in [7, 11) is 0. The van der Waals surface area contributed by atoms with Crippen molar-refractivity contribution < 1.29 is 0 Å². The number of hydrogen-bond donors (Lipinski definition) is 1. The molecular weight excluding hydrogens is 170 g/mol. The van der Waals surface area contributed by atoms with E-state index in [1.807, 2.05) is 54.6 Å². The Kier molecular flexibility index (Phi) is 2.41. The van der Waals surface area contributed by atoms with Crippen molar-refractivity contribution in [3.05, 3.63) is 71.8 Å². The molecule has 1 heteroatoms. The van der Waals surface area contributed by atoms with Gasteiger partial charge in [-0.15, -0.1) is 0 Å². The fourth-order valence-electron chi connectivity index (χ4n) is 1.33. The molecule has 1 nitrogen and oxygen atoms in total. The molecule has 0 spiro atoms. The first kappa shape index (κ1) is 8.70. The third kappa shape index (κ3) is 1.72. The second-order valence-electron chi connectivity index (χ2n) is 3.03. The molecule has 1 N–H and O–H groups in total. The Bertz CT molecular complexity index is 376. The van der Waals surface area contributed by atoms with Crippen LogP contribution in [0, 0.1) is 11.5 Å². The maximum Gasteiger partial charge on any atom is 0.0684 e. The van der Waals surface area contributed by atoms with Gasteiger partial charge in [0.15, 0.2) is 0 Å². The van der Waals surface area contributed by atoms with Crippen LogP contribution in [0.2, 0.25) is 0 Å². The molecule has 0 saturated heterocycles. The van der Waals surface area contributed by atoms with Gasteiger partial charge in [-0.1, -0.05) is 54.6 Å². The van der Waals surface area contributed by atoms with Gasteiger partial charge in [-0.2, -0.15) is 0 Å². The first-order chi connectivity index (χ1) is 6.88. The first-order valence-corrected chi connectivity index (χ1v) is 4.48. The van der Waals surface area contributed by atoms with E-state index in [2.05, 4.69) is 6.07 Å². The highest BCUT2D eigenvalue weighted by Gasteiger charge is 2.01. The quantitative estimate of drug-likeness (QED) is 0.687. The Morgan fingerprint density at radius 3 is 2.07 bits per heavy atom. The normalized spacial score (nSPS) is 9.71. The van der Waals surface area contributed by atoms with Crippen LogP contribution in [-0.2, 0) is 0 Å². The van der Waals surface area contributed by atoms with Crippen molar-refractivity contribution in [2.45, 2.75) is 0 Å². The molecule has 67 valence electrons. The van der Waals surface area contributed by atoms with Gasteiger partial charge >= 0.3 is 0 Å². The largest absolute Gasteiger partial charge is 0.300 e. The lowest BCUT2D eigenvalue weighted by molar-refractivity contribution is 1.45. The van der Waals surface area contributed by atoms with Gasteiger partial charge in [0.05, 0.1) is 5.71 Å². The third-order valence-electron chi connectivity index (χ3n) is 2.07. The van der Waals surface area contributed by atoms with Crippen molar-refractivity contribution in [2.24, 2.45) is 0 Å². The van der Waals surface area contributed by atoms with E-state index in [1.54, 1.807) is 0 Å². The molecule has 0 saturated carbocycles. The number of benzene rings is 2. The van der Waals surface area contributed by atoms with Crippen molar-refractivity contribution in [2.75, 3.05) is 0 Å². The average molecular weight is 180 g/mol. The smallest absolute Gasteiger partial charge is 0.0684 e. The highest BCUT2D eigenvalue weighted by molar-refractivity contribution is 6.10. The summed E-state index contributed by atoms with van der Waals surface area (Å²) in [5.74, 6) is 0. The highest BCUT2D eigenvalue weighted by atomic mass is 14.4. The van der Waals surface area contributed by atoms with Crippen LogP contribution in [0.4, 0.5) is 0 Å². The minimum absolute atomic E-state index is 0.555. The molecule has 14 heavy (non-hydrogen) atoms. The van der Waals surface area contributed by atoms with Crippen molar-refractivity contribution in [3.63, 3.8) is 0 Å². The third-order valence-corrected chi connectivity index (χ3v) is 2.07. The van der Waals surface area contributed by atoms with Crippen LogP contribution < -0.4 is 0 Å². The predicted octanol–water partition coefficient (Wildman–Crippen LogP) is 2.90. The van der Waals surface area contributed by atoms with E-state index in [4.69, 9.17) is 5.41 Å². The molecule has 0 aliphatic carbocycles. The Morgan fingerprint density at radius 2 is 1.43 bits per heavy atom. The maximum absolute atomic E-state index is 7.96. The molecule has 0 bridgehead atoms. The zero-order valence-electron chi connectivity index (χ0n) is 7.70. The second-order valence-corrected chi connectivity index (χ2v) is 3.03. The van der Waals surface area contributed by atoms with Crippen LogP contribution in [0.3, 0.4) is 0 Å². The molecule has 0 atom stereocenters. The molecular formula is C13H10N. The lowest BCUT2D eigenvalue weighted by atomic mass is 10.0. The van der Waals surface area contributed by atoms with Crippen LogP contribution in [0.1, 0.15) is 11.1 Å². The van der Waals surface area contributed by atoms with E-state index in [-0.39, 0.29) is 0 Å². The monoisotopic (exact) mass is 180 g/mol. The van der Waals surface area contributed by atoms with Crippen LogP contribution in [-0.4, -0.2) is 5.71 Å². The van der Waals surface area contributed by atoms with Gasteiger partial charge in [0.2, 0.25) is 0 Å². The molecule has 2 aromatic rings. The van der Waals surface area contributed by atoms with Crippen LogP contribution >= 0.6 is 0 Å².